The summed E-state index contributed by atoms with van der Waals surface area (Å²) in [6, 6.07) is 61.5. The average molecular weight is 642 g/mol. The summed E-state index contributed by atoms with van der Waals surface area (Å²) >= 11 is 0. The van der Waals surface area contributed by atoms with Crippen molar-refractivity contribution >= 4 is 17.1 Å². The smallest absolute Gasteiger partial charge is 0.0719 e. The fourth-order valence-corrected chi connectivity index (χ4v) is 9.85. The van der Waals surface area contributed by atoms with Gasteiger partial charge in [0, 0.05) is 27.9 Å². The van der Waals surface area contributed by atoms with E-state index in [2.05, 4.69) is 196 Å². The first-order valence-corrected chi connectivity index (χ1v) is 17.9. The van der Waals surface area contributed by atoms with Gasteiger partial charge < -0.3 is 4.90 Å². The van der Waals surface area contributed by atoms with Crippen molar-refractivity contribution in [3.8, 4) is 22.3 Å². The molecule has 0 amide bonds. The molecular weight excluding hydrogens is 603 g/mol. The van der Waals surface area contributed by atoms with E-state index in [-0.39, 0.29) is 10.8 Å². The van der Waals surface area contributed by atoms with Gasteiger partial charge in [-0.15, -0.1) is 0 Å². The monoisotopic (exact) mass is 641 g/mol. The second-order valence-electron chi connectivity index (χ2n) is 15.3. The van der Waals surface area contributed by atoms with Crippen LogP contribution in [0.5, 0.6) is 0 Å². The van der Waals surface area contributed by atoms with Crippen LogP contribution in [0.4, 0.5) is 17.1 Å². The highest BCUT2D eigenvalue weighted by atomic mass is 15.1. The Bertz CT molecular complexity index is 2450. The van der Waals surface area contributed by atoms with Crippen molar-refractivity contribution in [2.75, 3.05) is 4.90 Å². The third kappa shape index (κ3) is 3.67. The number of para-hydroxylation sites is 1. The maximum Gasteiger partial charge on any atom is 0.0719 e. The van der Waals surface area contributed by atoms with Crippen LogP contribution in [-0.2, 0) is 16.2 Å². The van der Waals surface area contributed by atoms with Crippen LogP contribution in [0, 0.1) is 0 Å². The minimum absolute atomic E-state index is 0.0803. The molecule has 0 aliphatic heterocycles. The molecule has 0 N–H and O–H groups in total. The lowest BCUT2D eigenvalue weighted by Crippen LogP contribution is -2.40. The van der Waals surface area contributed by atoms with Crippen LogP contribution in [0.2, 0.25) is 0 Å². The number of hydrogen-bond acceptors (Lipinski definition) is 1. The van der Waals surface area contributed by atoms with Gasteiger partial charge in [0.2, 0.25) is 0 Å². The predicted molar refractivity (Wildman–Crippen MR) is 208 cm³/mol. The summed E-state index contributed by atoms with van der Waals surface area (Å²) in [7, 11) is 0. The fourth-order valence-electron chi connectivity index (χ4n) is 9.85. The third-order valence-corrected chi connectivity index (χ3v) is 12.1. The Kier molecular flexibility index (Phi) is 5.96. The lowest BCUT2D eigenvalue weighted by Gasteiger charge is -2.46. The van der Waals surface area contributed by atoms with Crippen molar-refractivity contribution in [3.05, 3.63) is 208 Å². The number of rotatable bonds is 3. The maximum absolute atomic E-state index is 2.45. The van der Waals surface area contributed by atoms with Gasteiger partial charge in [-0.1, -0.05) is 155 Å². The van der Waals surface area contributed by atoms with E-state index in [1.165, 1.54) is 72.4 Å². The molecule has 1 spiro atoms. The molecule has 240 valence electrons. The Morgan fingerprint density at radius 3 is 1.40 bits per heavy atom. The molecule has 0 unspecified atom stereocenters. The third-order valence-electron chi connectivity index (χ3n) is 12.1. The Morgan fingerprint density at radius 1 is 0.300 bits per heavy atom. The molecule has 1 nitrogen and oxygen atoms in total. The summed E-state index contributed by atoms with van der Waals surface area (Å²) in [5.41, 5.74) is 19.3. The van der Waals surface area contributed by atoms with Gasteiger partial charge in [0.25, 0.3) is 0 Å². The van der Waals surface area contributed by atoms with Crippen LogP contribution >= 0.6 is 0 Å². The van der Waals surface area contributed by atoms with Gasteiger partial charge in [-0.05, 0) is 103 Å². The molecule has 1 heteroatoms. The molecule has 0 saturated heterocycles. The summed E-state index contributed by atoms with van der Waals surface area (Å²) < 4.78 is 0. The van der Waals surface area contributed by atoms with Gasteiger partial charge in [0.15, 0.2) is 0 Å². The molecular formula is C49H39N. The molecule has 50 heavy (non-hydrogen) atoms. The SMILES string of the molecule is CC1(C)c2ccccc2-c2ccc(N(c3ccccc3)c3ccc4c(c3)-c3ccccc3C43c4ccccc4C(C)(C)c4ccccc43)cc21. The molecule has 0 heterocycles. The first kappa shape index (κ1) is 29.3. The number of benzene rings is 7. The van der Waals surface area contributed by atoms with E-state index in [1.807, 2.05) is 0 Å². The Morgan fingerprint density at radius 2 is 0.740 bits per heavy atom. The molecule has 10 rings (SSSR count). The number of hydrogen-bond donors (Lipinski definition) is 0. The van der Waals surface area contributed by atoms with Crippen molar-refractivity contribution < 1.29 is 0 Å². The normalized spacial score (nSPS) is 16.1. The van der Waals surface area contributed by atoms with Gasteiger partial charge in [-0.2, -0.15) is 0 Å². The van der Waals surface area contributed by atoms with Crippen LogP contribution in [0.3, 0.4) is 0 Å². The largest absolute Gasteiger partial charge is 0.310 e. The minimum Gasteiger partial charge on any atom is -0.310 e. The zero-order valence-corrected chi connectivity index (χ0v) is 29.0. The number of nitrogens with zero attached hydrogens (tertiary/aromatic N) is 1. The minimum atomic E-state index is -0.395. The van der Waals surface area contributed by atoms with Crippen molar-refractivity contribution in [1.29, 1.82) is 0 Å². The van der Waals surface area contributed by atoms with Gasteiger partial charge in [0.1, 0.15) is 0 Å². The van der Waals surface area contributed by atoms with Gasteiger partial charge in [0.05, 0.1) is 5.41 Å². The van der Waals surface area contributed by atoms with Crippen LogP contribution < -0.4 is 4.90 Å². The van der Waals surface area contributed by atoms with Crippen molar-refractivity contribution in [1.82, 2.24) is 0 Å². The average Bonchev–Trinajstić information content (AvgIpc) is 3.57. The van der Waals surface area contributed by atoms with Gasteiger partial charge in [-0.25, -0.2) is 0 Å². The highest BCUT2D eigenvalue weighted by Gasteiger charge is 2.53. The number of anilines is 3. The van der Waals surface area contributed by atoms with Gasteiger partial charge >= 0.3 is 0 Å². The lowest BCUT2D eigenvalue weighted by molar-refractivity contribution is 0.563. The molecule has 7 aromatic rings. The summed E-state index contributed by atoms with van der Waals surface area (Å²) in [4.78, 5) is 2.44. The van der Waals surface area contributed by atoms with Crippen LogP contribution in [0.1, 0.15) is 72.2 Å². The highest BCUT2D eigenvalue weighted by molar-refractivity contribution is 5.92. The van der Waals surface area contributed by atoms with E-state index < -0.39 is 5.41 Å². The number of fused-ring (bicyclic) bond motifs is 12. The summed E-state index contributed by atoms with van der Waals surface area (Å²) in [5.74, 6) is 0. The topological polar surface area (TPSA) is 3.24 Å². The molecule has 0 saturated carbocycles. The van der Waals surface area contributed by atoms with Crippen LogP contribution in [0.15, 0.2) is 164 Å². The Labute approximate surface area is 295 Å². The van der Waals surface area contributed by atoms with E-state index in [1.54, 1.807) is 0 Å². The lowest BCUT2D eigenvalue weighted by atomic mass is 9.55. The highest BCUT2D eigenvalue weighted by Crippen LogP contribution is 2.62. The van der Waals surface area contributed by atoms with Crippen molar-refractivity contribution in [3.63, 3.8) is 0 Å². The van der Waals surface area contributed by atoms with Gasteiger partial charge in [-0.3, -0.25) is 0 Å². The molecule has 0 atom stereocenters. The molecule has 3 aliphatic rings. The Hall–Kier alpha value is -5.66. The second kappa shape index (κ2) is 10.2. The molecule has 0 bridgehead atoms. The molecule has 3 aliphatic carbocycles. The predicted octanol–water partition coefficient (Wildman–Crippen LogP) is 12.5. The molecule has 0 aromatic heterocycles. The fraction of sp³-hybridized carbons (Fsp3) is 0.143. The zero-order chi connectivity index (χ0) is 33.8. The van der Waals surface area contributed by atoms with Crippen LogP contribution in [0.25, 0.3) is 22.3 Å². The summed E-state index contributed by atoms with van der Waals surface area (Å²) in [5, 5.41) is 0. The van der Waals surface area contributed by atoms with E-state index in [4.69, 9.17) is 0 Å². The second-order valence-corrected chi connectivity index (χ2v) is 15.3. The molecule has 7 aromatic carbocycles. The summed E-state index contributed by atoms with van der Waals surface area (Å²) in [6.45, 7) is 9.50. The van der Waals surface area contributed by atoms with Crippen molar-refractivity contribution in [2.45, 2.75) is 43.9 Å². The van der Waals surface area contributed by atoms with E-state index in [0.29, 0.717) is 0 Å². The van der Waals surface area contributed by atoms with Crippen LogP contribution in [-0.4, -0.2) is 0 Å². The quantitative estimate of drug-likeness (QED) is 0.186. The first-order valence-electron chi connectivity index (χ1n) is 17.9. The Balaban J connectivity index is 1.22. The van der Waals surface area contributed by atoms with E-state index in [0.717, 1.165) is 11.4 Å². The van der Waals surface area contributed by atoms with E-state index in [9.17, 15) is 0 Å². The standard InChI is InChI=1S/C49H39N/c1-47(2)39-20-10-8-18-35(39)37-28-26-34(31-46(37)47)50(32-16-6-5-7-17-32)33-27-29-41-38(30-33)36-19-9-11-21-40(36)49(41)44-24-14-12-22-42(44)48(3,4)43-23-13-15-25-45(43)49/h5-31H,1-4H3. The summed E-state index contributed by atoms with van der Waals surface area (Å²) in [6.07, 6.45) is 0. The maximum atomic E-state index is 2.45. The van der Waals surface area contributed by atoms with E-state index >= 15 is 0 Å². The molecule has 0 fully saturated rings. The van der Waals surface area contributed by atoms with Crippen molar-refractivity contribution in [2.24, 2.45) is 0 Å². The first-order chi connectivity index (χ1) is 24.3. The zero-order valence-electron chi connectivity index (χ0n) is 29.0. The molecule has 0 radical (unpaired) electrons.